The minimum absolute atomic E-state index is 0.666. The summed E-state index contributed by atoms with van der Waals surface area (Å²) in [5.41, 5.74) is 0.994. The van der Waals surface area contributed by atoms with Gasteiger partial charge in [0.2, 0.25) is 0 Å². The predicted molar refractivity (Wildman–Crippen MR) is 73.0 cm³/mol. The van der Waals surface area contributed by atoms with Crippen molar-refractivity contribution in [2.24, 2.45) is 0 Å². The monoisotopic (exact) mass is 245 g/mol. The SMILES string of the molecule is CCOc1ccccc1NCc1ccc(CC)o1. The van der Waals surface area contributed by atoms with Gasteiger partial charge in [0.25, 0.3) is 0 Å². The highest BCUT2D eigenvalue weighted by Gasteiger charge is 2.04. The fraction of sp³-hybridized carbons (Fsp3) is 0.333. The first kappa shape index (κ1) is 12.6. The van der Waals surface area contributed by atoms with E-state index in [0.717, 1.165) is 29.4 Å². The summed E-state index contributed by atoms with van der Waals surface area (Å²) in [6, 6.07) is 12.0. The molecule has 1 heterocycles. The van der Waals surface area contributed by atoms with Crippen LogP contribution in [0.2, 0.25) is 0 Å². The van der Waals surface area contributed by atoms with Gasteiger partial charge < -0.3 is 14.5 Å². The van der Waals surface area contributed by atoms with E-state index in [9.17, 15) is 0 Å². The Morgan fingerprint density at radius 1 is 1.06 bits per heavy atom. The number of nitrogens with one attached hydrogen (secondary N) is 1. The van der Waals surface area contributed by atoms with E-state index < -0.39 is 0 Å². The molecule has 1 aromatic heterocycles. The van der Waals surface area contributed by atoms with Gasteiger partial charge in [-0.2, -0.15) is 0 Å². The maximum atomic E-state index is 5.65. The Kier molecular flexibility index (Phi) is 4.29. The van der Waals surface area contributed by atoms with Crippen LogP contribution in [0, 0.1) is 0 Å². The van der Waals surface area contributed by atoms with Gasteiger partial charge in [0, 0.05) is 6.42 Å². The number of rotatable bonds is 6. The van der Waals surface area contributed by atoms with Gasteiger partial charge >= 0.3 is 0 Å². The molecule has 1 N–H and O–H groups in total. The van der Waals surface area contributed by atoms with E-state index in [1.165, 1.54) is 0 Å². The predicted octanol–water partition coefficient (Wildman–Crippen LogP) is 3.85. The van der Waals surface area contributed by atoms with Gasteiger partial charge in [0.15, 0.2) is 0 Å². The maximum absolute atomic E-state index is 5.65. The van der Waals surface area contributed by atoms with Gasteiger partial charge in [-0.25, -0.2) is 0 Å². The molecule has 1 aromatic carbocycles. The summed E-state index contributed by atoms with van der Waals surface area (Å²) in [7, 11) is 0. The zero-order chi connectivity index (χ0) is 12.8. The van der Waals surface area contributed by atoms with E-state index in [2.05, 4.69) is 12.2 Å². The topological polar surface area (TPSA) is 34.4 Å². The molecule has 0 unspecified atom stereocenters. The molecule has 0 aliphatic rings. The van der Waals surface area contributed by atoms with Crippen molar-refractivity contribution in [2.45, 2.75) is 26.8 Å². The van der Waals surface area contributed by atoms with Crippen LogP contribution >= 0.6 is 0 Å². The highest BCUT2D eigenvalue weighted by Crippen LogP contribution is 2.24. The molecule has 0 fully saturated rings. The van der Waals surface area contributed by atoms with Gasteiger partial charge in [-0.3, -0.25) is 0 Å². The number of hydrogen-bond acceptors (Lipinski definition) is 3. The lowest BCUT2D eigenvalue weighted by atomic mass is 10.3. The summed E-state index contributed by atoms with van der Waals surface area (Å²) in [6.07, 6.45) is 0.926. The average Bonchev–Trinajstić information content (AvgIpc) is 2.86. The minimum Gasteiger partial charge on any atom is -0.492 e. The van der Waals surface area contributed by atoms with E-state index in [0.29, 0.717) is 13.2 Å². The van der Waals surface area contributed by atoms with Crippen LogP contribution in [0.5, 0.6) is 5.75 Å². The second-order valence-corrected chi connectivity index (χ2v) is 4.00. The number of furan rings is 1. The first-order valence-electron chi connectivity index (χ1n) is 6.36. The van der Waals surface area contributed by atoms with Crippen LogP contribution in [-0.2, 0) is 13.0 Å². The van der Waals surface area contributed by atoms with E-state index in [-0.39, 0.29) is 0 Å². The normalized spacial score (nSPS) is 10.3. The Morgan fingerprint density at radius 2 is 1.83 bits per heavy atom. The maximum Gasteiger partial charge on any atom is 0.142 e. The third-order valence-corrected chi connectivity index (χ3v) is 2.71. The third-order valence-electron chi connectivity index (χ3n) is 2.71. The van der Waals surface area contributed by atoms with Gasteiger partial charge in [-0.15, -0.1) is 0 Å². The summed E-state index contributed by atoms with van der Waals surface area (Å²) in [4.78, 5) is 0. The Labute approximate surface area is 108 Å². The smallest absolute Gasteiger partial charge is 0.142 e. The third kappa shape index (κ3) is 3.06. The molecule has 0 aliphatic carbocycles. The molecule has 0 aliphatic heterocycles. The number of anilines is 1. The van der Waals surface area contributed by atoms with Gasteiger partial charge in [-0.05, 0) is 31.2 Å². The Morgan fingerprint density at radius 3 is 2.56 bits per heavy atom. The zero-order valence-corrected chi connectivity index (χ0v) is 10.9. The minimum atomic E-state index is 0.666. The van der Waals surface area contributed by atoms with Crippen molar-refractivity contribution in [3.05, 3.63) is 47.9 Å². The van der Waals surface area contributed by atoms with Gasteiger partial charge in [0.05, 0.1) is 18.8 Å². The van der Waals surface area contributed by atoms with Crippen molar-refractivity contribution in [1.82, 2.24) is 0 Å². The van der Waals surface area contributed by atoms with Crippen LogP contribution < -0.4 is 10.1 Å². The molecular weight excluding hydrogens is 226 g/mol. The first-order chi connectivity index (χ1) is 8.83. The summed E-state index contributed by atoms with van der Waals surface area (Å²) in [6.45, 7) is 5.40. The van der Waals surface area contributed by atoms with E-state index >= 15 is 0 Å². The molecule has 0 bridgehead atoms. The molecule has 0 saturated carbocycles. The number of aryl methyl sites for hydroxylation is 1. The van der Waals surface area contributed by atoms with Crippen molar-refractivity contribution in [3.63, 3.8) is 0 Å². The van der Waals surface area contributed by atoms with E-state index in [1.54, 1.807) is 0 Å². The fourth-order valence-electron chi connectivity index (χ4n) is 1.78. The van der Waals surface area contributed by atoms with Crippen LogP contribution in [-0.4, -0.2) is 6.61 Å². The van der Waals surface area contributed by atoms with Crippen molar-refractivity contribution >= 4 is 5.69 Å². The lowest BCUT2D eigenvalue weighted by molar-refractivity contribution is 0.341. The molecule has 3 nitrogen and oxygen atoms in total. The second-order valence-electron chi connectivity index (χ2n) is 4.00. The quantitative estimate of drug-likeness (QED) is 0.839. The number of ether oxygens (including phenoxy) is 1. The zero-order valence-electron chi connectivity index (χ0n) is 10.9. The number of para-hydroxylation sites is 2. The first-order valence-corrected chi connectivity index (χ1v) is 6.36. The average molecular weight is 245 g/mol. The van der Waals surface area contributed by atoms with Crippen LogP contribution in [0.3, 0.4) is 0 Å². The molecule has 0 spiro atoms. The van der Waals surface area contributed by atoms with Crippen molar-refractivity contribution in [3.8, 4) is 5.75 Å². The Balaban J connectivity index is 2.01. The van der Waals surface area contributed by atoms with Crippen LogP contribution in [0.1, 0.15) is 25.4 Å². The highest BCUT2D eigenvalue weighted by atomic mass is 16.5. The molecule has 2 aromatic rings. The standard InChI is InChI=1S/C15H19NO2/c1-3-12-9-10-13(18-12)11-16-14-7-5-6-8-15(14)17-4-2/h5-10,16H,3-4,11H2,1-2H3. The van der Waals surface area contributed by atoms with Crippen LogP contribution in [0.25, 0.3) is 0 Å². The van der Waals surface area contributed by atoms with Crippen molar-refractivity contribution in [2.75, 3.05) is 11.9 Å². The molecule has 0 atom stereocenters. The molecule has 18 heavy (non-hydrogen) atoms. The molecule has 96 valence electrons. The summed E-state index contributed by atoms with van der Waals surface area (Å²) < 4.78 is 11.2. The van der Waals surface area contributed by atoms with Crippen molar-refractivity contribution < 1.29 is 9.15 Å². The van der Waals surface area contributed by atoms with Crippen molar-refractivity contribution in [1.29, 1.82) is 0 Å². The molecule has 0 radical (unpaired) electrons. The molecule has 0 saturated heterocycles. The Bertz CT molecular complexity index is 491. The van der Waals surface area contributed by atoms with Gasteiger partial charge in [-0.1, -0.05) is 19.1 Å². The molecular formula is C15H19NO2. The summed E-state index contributed by atoms with van der Waals surface area (Å²) in [5, 5.41) is 3.33. The Hall–Kier alpha value is -1.90. The molecule has 2 rings (SSSR count). The molecule has 0 amide bonds. The summed E-state index contributed by atoms with van der Waals surface area (Å²) >= 11 is 0. The van der Waals surface area contributed by atoms with E-state index in [4.69, 9.17) is 9.15 Å². The van der Waals surface area contributed by atoms with E-state index in [1.807, 2.05) is 43.3 Å². The van der Waals surface area contributed by atoms with Crippen LogP contribution in [0.15, 0.2) is 40.8 Å². The fourth-order valence-corrected chi connectivity index (χ4v) is 1.78. The highest BCUT2D eigenvalue weighted by molar-refractivity contribution is 5.56. The summed E-state index contributed by atoms with van der Waals surface area (Å²) in [5.74, 6) is 2.84. The second kappa shape index (κ2) is 6.15. The van der Waals surface area contributed by atoms with Gasteiger partial charge in [0.1, 0.15) is 17.3 Å². The lowest BCUT2D eigenvalue weighted by Gasteiger charge is -2.11. The lowest BCUT2D eigenvalue weighted by Crippen LogP contribution is -2.01. The number of hydrogen-bond donors (Lipinski definition) is 1. The molecule has 3 heteroatoms. The number of benzene rings is 1. The van der Waals surface area contributed by atoms with Crippen LogP contribution in [0.4, 0.5) is 5.69 Å². The largest absolute Gasteiger partial charge is 0.492 e.